The minimum absolute atomic E-state index is 0.0441. The summed E-state index contributed by atoms with van der Waals surface area (Å²) in [5.74, 6) is -1.02. The molecule has 0 bridgehead atoms. The molecule has 0 heterocycles. The maximum Gasteiger partial charge on any atom is 0.272 e. The molecular formula is C18H16ClN3O4. The highest BCUT2D eigenvalue weighted by Gasteiger charge is 2.14. The monoisotopic (exact) mass is 373 g/mol. The number of nitrogens with one attached hydrogen (secondary N) is 2. The van der Waals surface area contributed by atoms with E-state index < -0.39 is 16.7 Å². The maximum absolute atomic E-state index is 12.6. The van der Waals surface area contributed by atoms with Crippen LogP contribution in [-0.2, 0) is 9.59 Å². The van der Waals surface area contributed by atoms with Crippen molar-refractivity contribution in [1.82, 2.24) is 5.32 Å². The second kappa shape index (κ2) is 8.26. The molecule has 0 aliphatic heterocycles. The smallest absolute Gasteiger partial charge is 0.272 e. The Labute approximate surface area is 154 Å². The Kier molecular flexibility index (Phi) is 6.08. The first-order chi connectivity index (χ1) is 12.3. The SMILES string of the molecule is CC(=O)N/C(=C\c1cccc([N+](=O)[O-])c1)C(=O)Nc1cccc(Cl)c1C. The molecule has 2 aromatic rings. The van der Waals surface area contributed by atoms with Gasteiger partial charge in [-0.2, -0.15) is 0 Å². The third-order valence-electron chi connectivity index (χ3n) is 3.46. The van der Waals surface area contributed by atoms with Gasteiger partial charge in [-0.05, 0) is 36.3 Å². The Balaban J connectivity index is 2.35. The lowest BCUT2D eigenvalue weighted by Crippen LogP contribution is -2.29. The lowest BCUT2D eigenvalue weighted by molar-refractivity contribution is -0.384. The molecule has 0 fully saturated rings. The first-order valence-corrected chi connectivity index (χ1v) is 7.96. The highest BCUT2D eigenvalue weighted by molar-refractivity contribution is 6.31. The third-order valence-corrected chi connectivity index (χ3v) is 3.87. The van der Waals surface area contributed by atoms with E-state index in [2.05, 4.69) is 10.6 Å². The second-order valence-corrected chi connectivity index (χ2v) is 5.87. The van der Waals surface area contributed by atoms with Crippen LogP contribution >= 0.6 is 11.6 Å². The molecule has 0 unspecified atom stereocenters. The number of carbonyl (C=O) groups excluding carboxylic acids is 2. The van der Waals surface area contributed by atoms with Crippen molar-refractivity contribution in [3.63, 3.8) is 0 Å². The number of rotatable bonds is 5. The summed E-state index contributed by atoms with van der Waals surface area (Å²) in [6, 6.07) is 10.8. The first kappa shape index (κ1) is 19.1. The van der Waals surface area contributed by atoms with Gasteiger partial charge in [-0.1, -0.05) is 29.8 Å². The molecule has 0 saturated heterocycles. The molecule has 26 heavy (non-hydrogen) atoms. The van der Waals surface area contributed by atoms with Crippen molar-refractivity contribution in [2.24, 2.45) is 0 Å². The van der Waals surface area contributed by atoms with Crippen LogP contribution in [0.25, 0.3) is 6.08 Å². The number of amides is 2. The summed E-state index contributed by atoms with van der Waals surface area (Å²) >= 11 is 6.04. The average Bonchev–Trinajstić information content (AvgIpc) is 2.58. The van der Waals surface area contributed by atoms with Crippen molar-refractivity contribution in [2.75, 3.05) is 5.32 Å². The lowest BCUT2D eigenvalue weighted by atomic mass is 10.1. The summed E-state index contributed by atoms with van der Waals surface area (Å²) in [5.41, 5.74) is 1.42. The molecule has 0 atom stereocenters. The van der Waals surface area contributed by atoms with E-state index in [0.29, 0.717) is 21.8 Å². The molecule has 0 spiro atoms. The fourth-order valence-electron chi connectivity index (χ4n) is 2.18. The van der Waals surface area contributed by atoms with Crippen molar-refractivity contribution >= 4 is 40.9 Å². The number of nitrogens with zero attached hydrogens (tertiary/aromatic N) is 1. The fourth-order valence-corrected chi connectivity index (χ4v) is 2.35. The minimum atomic E-state index is -0.572. The number of nitro benzene ring substituents is 1. The lowest BCUT2D eigenvalue weighted by Gasteiger charge is -2.12. The molecule has 8 heteroatoms. The van der Waals surface area contributed by atoms with E-state index in [4.69, 9.17) is 11.6 Å². The number of anilines is 1. The molecular weight excluding hydrogens is 358 g/mol. The molecule has 0 radical (unpaired) electrons. The van der Waals surface area contributed by atoms with Gasteiger partial charge in [0.1, 0.15) is 5.70 Å². The molecule has 7 nitrogen and oxygen atoms in total. The van der Waals surface area contributed by atoms with E-state index in [1.807, 2.05) is 0 Å². The summed E-state index contributed by atoms with van der Waals surface area (Å²) in [6.07, 6.45) is 1.36. The van der Waals surface area contributed by atoms with E-state index in [0.717, 1.165) is 0 Å². The van der Waals surface area contributed by atoms with Gasteiger partial charge in [0, 0.05) is 29.8 Å². The van der Waals surface area contributed by atoms with Crippen LogP contribution < -0.4 is 10.6 Å². The second-order valence-electron chi connectivity index (χ2n) is 5.46. The largest absolute Gasteiger partial charge is 0.322 e. The summed E-state index contributed by atoms with van der Waals surface area (Å²) in [5, 5.41) is 16.5. The fraction of sp³-hybridized carbons (Fsp3) is 0.111. The van der Waals surface area contributed by atoms with Gasteiger partial charge in [-0.15, -0.1) is 0 Å². The number of hydrogen-bond donors (Lipinski definition) is 2. The van der Waals surface area contributed by atoms with Gasteiger partial charge in [0.25, 0.3) is 11.6 Å². The molecule has 2 rings (SSSR count). The average molecular weight is 374 g/mol. The highest BCUT2D eigenvalue weighted by Crippen LogP contribution is 2.23. The van der Waals surface area contributed by atoms with Gasteiger partial charge in [-0.3, -0.25) is 19.7 Å². The number of carbonyl (C=O) groups is 2. The molecule has 0 saturated carbocycles. The highest BCUT2D eigenvalue weighted by atomic mass is 35.5. The first-order valence-electron chi connectivity index (χ1n) is 7.58. The zero-order chi connectivity index (χ0) is 19.3. The molecule has 0 aliphatic rings. The van der Waals surface area contributed by atoms with E-state index in [1.165, 1.54) is 31.2 Å². The van der Waals surface area contributed by atoms with Crippen LogP contribution in [0.5, 0.6) is 0 Å². The zero-order valence-corrected chi connectivity index (χ0v) is 14.8. The van der Waals surface area contributed by atoms with Gasteiger partial charge < -0.3 is 10.6 Å². The molecule has 134 valence electrons. The number of non-ortho nitro benzene ring substituents is 1. The van der Waals surface area contributed by atoms with Crippen molar-refractivity contribution in [1.29, 1.82) is 0 Å². The Morgan fingerprint density at radius 1 is 1.19 bits per heavy atom. The molecule has 0 aromatic heterocycles. The van der Waals surface area contributed by atoms with E-state index in [-0.39, 0.29) is 11.4 Å². The quantitative estimate of drug-likeness (QED) is 0.474. The van der Waals surface area contributed by atoms with Gasteiger partial charge in [-0.25, -0.2) is 0 Å². The standard InChI is InChI=1S/C18H16ClN3O4/c1-11-15(19)7-4-8-16(11)21-18(24)17(20-12(2)23)10-13-5-3-6-14(9-13)22(25)26/h3-10H,1-2H3,(H,20,23)(H,21,24)/b17-10-. The predicted molar refractivity (Wildman–Crippen MR) is 99.7 cm³/mol. The van der Waals surface area contributed by atoms with Crippen LogP contribution in [0.4, 0.5) is 11.4 Å². The third kappa shape index (κ3) is 4.90. The van der Waals surface area contributed by atoms with Gasteiger partial charge in [0.05, 0.1) is 4.92 Å². The van der Waals surface area contributed by atoms with Crippen molar-refractivity contribution in [3.05, 3.63) is 74.4 Å². The number of nitro groups is 1. The summed E-state index contributed by atoms with van der Waals surface area (Å²) in [4.78, 5) is 34.3. The summed E-state index contributed by atoms with van der Waals surface area (Å²) in [7, 11) is 0. The Hall–Kier alpha value is -3.19. The van der Waals surface area contributed by atoms with Crippen LogP contribution in [0.2, 0.25) is 5.02 Å². The topological polar surface area (TPSA) is 101 Å². The van der Waals surface area contributed by atoms with E-state index in [1.54, 1.807) is 31.2 Å². The number of hydrogen-bond acceptors (Lipinski definition) is 4. The minimum Gasteiger partial charge on any atom is -0.322 e. The van der Waals surface area contributed by atoms with Crippen LogP contribution in [0.15, 0.2) is 48.2 Å². The van der Waals surface area contributed by atoms with Crippen molar-refractivity contribution in [3.8, 4) is 0 Å². The van der Waals surface area contributed by atoms with Crippen LogP contribution in [0.3, 0.4) is 0 Å². The van der Waals surface area contributed by atoms with Gasteiger partial charge >= 0.3 is 0 Å². The van der Waals surface area contributed by atoms with Crippen LogP contribution in [-0.4, -0.2) is 16.7 Å². The van der Waals surface area contributed by atoms with Crippen LogP contribution in [0.1, 0.15) is 18.1 Å². The number of benzene rings is 2. The molecule has 2 aromatic carbocycles. The molecule has 2 N–H and O–H groups in total. The Morgan fingerprint density at radius 3 is 2.54 bits per heavy atom. The van der Waals surface area contributed by atoms with E-state index >= 15 is 0 Å². The van der Waals surface area contributed by atoms with E-state index in [9.17, 15) is 19.7 Å². The summed E-state index contributed by atoms with van der Waals surface area (Å²) in [6.45, 7) is 3.01. The van der Waals surface area contributed by atoms with Crippen LogP contribution in [0, 0.1) is 17.0 Å². The number of halogens is 1. The zero-order valence-electron chi connectivity index (χ0n) is 14.1. The Morgan fingerprint density at radius 2 is 1.88 bits per heavy atom. The van der Waals surface area contributed by atoms with Crippen molar-refractivity contribution in [2.45, 2.75) is 13.8 Å². The normalized spacial score (nSPS) is 11.0. The maximum atomic E-state index is 12.6. The van der Waals surface area contributed by atoms with Gasteiger partial charge in [0.15, 0.2) is 0 Å². The van der Waals surface area contributed by atoms with Gasteiger partial charge in [0.2, 0.25) is 5.91 Å². The summed E-state index contributed by atoms with van der Waals surface area (Å²) < 4.78 is 0. The Bertz CT molecular complexity index is 909. The molecule has 2 amide bonds. The predicted octanol–water partition coefficient (Wildman–Crippen LogP) is 3.67. The van der Waals surface area contributed by atoms with Crippen molar-refractivity contribution < 1.29 is 14.5 Å². The molecule has 0 aliphatic carbocycles.